The number of hydrogen-bond donors (Lipinski definition) is 2. The van der Waals surface area contributed by atoms with Crippen molar-refractivity contribution < 1.29 is 4.79 Å². The summed E-state index contributed by atoms with van der Waals surface area (Å²) in [6.07, 6.45) is 1.04. The Morgan fingerprint density at radius 2 is 2.15 bits per heavy atom. The van der Waals surface area contributed by atoms with Crippen LogP contribution in [0.15, 0.2) is 0 Å². The molecule has 0 spiro atoms. The topological polar surface area (TPSA) is 76.2 Å². The van der Waals surface area contributed by atoms with Crippen LogP contribution in [-0.2, 0) is 11.8 Å². The molecule has 3 N–H and O–H groups in total. The van der Waals surface area contributed by atoms with E-state index in [0.717, 1.165) is 36.6 Å². The van der Waals surface area contributed by atoms with E-state index in [1.165, 1.54) is 0 Å². The number of aromatic nitrogens is 2. The van der Waals surface area contributed by atoms with Crippen LogP contribution in [0.4, 0.5) is 5.69 Å². The molecule has 0 radical (unpaired) electrons. The van der Waals surface area contributed by atoms with E-state index >= 15 is 0 Å². The smallest absolute Gasteiger partial charge is 0.238 e. The molecule has 1 amide bonds. The van der Waals surface area contributed by atoms with Crippen molar-refractivity contribution in [2.75, 3.05) is 25.0 Å². The van der Waals surface area contributed by atoms with Gasteiger partial charge >= 0.3 is 0 Å². The number of nitrogens with zero attached hydrogens (tertiary/aromatic N) is 3. The molecule has 0 saturated carbocycles. The first-order valence-corrected chi connectivity index (χ1v) is 7.14. The average molecular weight is 279 g/mol. The van der Waals surface area contributed by atoms with Crippen molar-refractivity contribution in [3.63, 3.8) is 0 Å². The number of rotatable bonds is 3. The molecule has 0 bridgehead atoms. The van der Waals surface area contributed by atoms with Crippen LogP contribution in [0.2, 0.25) is 0 Å². The van der Waals surface area contributed by atoms with Gasteiger partial charge in [0.1, 0.15) is 0 Å². The lowest BCUT2D eigenvalue weighted by Crippen LogP contribution is -2.48. The van der Waals surface area contributed by atoms with Crippen molar-refractivity contribution in [1.29, 1.82) is 0 Å². The maximum Gasteiger partial charge on any atom is 0.238 e. The van der Waals surface area contributed by atoms with Gasteiger partial charge in [-0.05, 0) is 26.2 Å². The summed E-state index contributed by atoms with van der Waals surface area (Å²) in [6, 6.07) is 0.174. The molecule has 1 aliphatic heterocycles. The van der Waals surface area contributed by atoms with Crippen LogP contribution in [0, 0.1) is 19.8 Å². The zero-order chi connectivity index (χ0) is 14.9. The SMILES string of the molecule is Cc1nn(C)c(C)c1NC(=O)CN1CC(C)CC(N)C1. The van der Waals surface area contributed by atoms with Gasteiger partial charge in [-0.1, -0.05) is 6.92 Å². The van der Waals surface area contributed by atoms with Gasteiger partial charge in [0.25, 0.3) is 0 Å². The second kappa shape index (κ2) is 5.93. The van der Waals surface area contributed by atoms with Gasteiger partial charge in [0.2, 0.25) is 5.91 Å². The van der Waals surface area contributed by atoms with Crippen molar-refractivity contribution in [2.45, 2.75) is 33.2 Å². The summed E-state index contributed by atoms with van der Waals surface area (Å²) < 4.78 is 1.78. The number of nitrogens with one attached hydrogen (secondary N) is 1. The fourth-order valence-electron chi connectivity index (χ4n) is 2.98. The largest absolute Gasteiger partial charge is 0.327 e. The van der Waals surface area contributed by atoms with Gasteiger partial charge in [0, 0.05) is 26.2 Å². The summed E-state index contributed by atoms with van der Waals surface area (Å²) in [5.41, 5.74) is 8.66. The van der Waals surface area contributed by atoms with E-state index in [1.54, 1.807) is 4.68 Å². The molecule has 6 heteroatoms. The minimum Gasteiger partial charge on any atom is -0.327 e. The van der Waals surface area contributed by atoms with Crippen molar-refractivity contribution in [1.82, 2.24) is 14.7 Å². The minimum absolute atomic E-state index is 0.00509. The molecule has 2 rings (SSSR count). The van der Waals surface area contributed by atoms with E-state index in [2.05, 4.69) is 22.2 Å². The van der Waals surface area contributed by atoms with E-state index in [0.29, 0.717) is 12.5 Å². The Kier molecular flexibility index (Phi) is 4.45. The number of anilines is 1. The molecule has 1 aromatic rings. The molecular formula is C14H25N5O. The van der Waals surface area contributed by atoms with E-state index in [9.17, 15) is 4.79 Å². The lowest BCUT2D eigenvalue weighted by molar-refractivity contribution is -0.117. The van der Waals surface area contributed by atoms with Crippen molar-refractivity contribution in [2.24, 2.45) is 18.7 Å². The highest BCUT2D eigenvalue weighted by atomic mass is 16.2. The molecule has 0 aliphatic carbocycles. The summed E-state index contributed by atoms with van der Waals surface area (Å²) >= 11 is 0. The third kappa shape index (κ3) is 3.37. The zero-order valence-electron chi connectivity index (χ0n) is 12.8. The van der Waals surface area contributed by atoms with E-state index in [4.69, 9.17) is 5.73 Å². The van der Waals surface area contributed by atoms with Crippen molar-refractivity contribution >= 4 is 11.6 Å². The van der Waals surface area contributed by atoms with Gasteiger partial charge in [-0.25, -0.2) is 0 Å². The van der Waals surface area contributed by atoms with Gasteiger partial charge < -0.3 is 11.1 Å². The first-order valence-electron chi connectivity index (χ1n) is 7.14. The van der Waals surface area contributed by atoms with Crippen LogP contribution < -0.4 is 11.1 Å². The van der Waals surface area contributed by atoms with Gasteiger partial charge in [-0.3, -0.25) is 14.4 Å². The summed E-state index contributed by atoms with van der Waals surface area (Å²) in [5, 5.41) is 7.27. The molecule has 2 atom stereocenters. The van der Waals surface area contributed by atoms with E-state index in [1.807, 2.05) is 20.9 Å². The predicted molar refractivity (Wildman–Crippen MR) is 79.5 cm³/mol. The highest BCUT2D eigenvalue weighted by Gasteiger charge is 2.24. The number of hydrogen-bond acceptors (Lipinski definition) is 4. The normalized spacial score (nSPS) is 23.9. The molecule has 1 aromatic heterocycles. The lowest BCUT2D eigenvalue weighted by atomic mass is 9.97. The Labute approximate surface area is 120 Å². The first-order chi connectivity index (χ1) is 9.36. The minimum atomic E-state index is 0.00509. The molecule has 1 aliphatic rings. The quantitative estimate of drug-likeness (QED) is 0.851. The van der Waals surface area contributed by atoms with E-state index in [-0.39, 0.29) is 11.9 Å². The monoisotopic (exact) mass is 279 g/mol. The third-order valence-corrected chi connectivity index (χ3v) is 3.91. The molecule has 2 unspecified atom stereocenters. The summed E-state index contributed by atoms with van der Waals surface area (Å²) in [6.45, 7) is 8.16. The van der Waals surface area contributed by atoms with Crippen LogP contribution in [0.3, 0.4) is 0 Å². The molecule has 6 nitrogen and oxygen atoms in total. The van der Waals surface area contributed by atoms with Crippen LogP contribution in [0.5, 0.6) is 0 Å². The molecule has 0 aromatic carbocycles. The van der Waals surface area contributed by atoms with Crippen molar-refractivity contribution in [3.05, 3.63) is 11.4 Å². The number of nitrogens with two attached hydrogens (primary N) is 1. The predicted octanol–water partition coefficient (Wildman–Crippen LogP) is 0.645. The Morgan fingerprint density at radius 1 is 1.45 bits per heavy atom. The highest BCUT2D eigenvalue weighted by molar-refractivity contribution is 5.93. The second-order valence-electron chi connectivity index (χ2n) is 6.01. The van der Waals surface area contributed by atoms with Crippen LogP contribution in [0.1, 0.15) is 24.7 Å². The maximum atomic E-state index is 12.2. The van der Waals surface area contributed by atoms with Crippen LogP contribution >= 0.6 is 0 Å². The maximum absolute atomic E-state index is 12.2. The summed E-state index contributed by atoms with van der Waals surface area (Å²) in [5.74, 6) is 0.555. The molecular weight excluding hydrogens is 254 g/mol. The Balaban J connectivity index is 1.95. The molecule has 2 heterocycles. The third-order valence-electron chi connectivity index (χ3n) is 3.91. The van der Waals surface area contributed by atoms with Gasteiger partial charge in [-0.15, -0.1) is 0 Å². The summed E-state index contributed by atoms with van der Waals surface area (Å²) in [4.78, 5) is 14.3. The Hall–Kier alpha value is -1.40. The Morgan fingerprint density at radius 3 is 2.70 bits per heavy atom. The number of piperidine rings is 1. The molecule has 112 valence electrons. The first kappa shape index (κ1) is 15.0. The number of carbonyl (C=O) groups excluding carboxylic acids is 1. The van der Waals surface area contributed by atoms with Gasteiger partial charge in [0.05, 0.1) is 23.6 Å². The average Bonchev–Trinajstić information content (AvgIpc) is 2.54. The number of carbonyl (C=O) groups is 1. The number of aryl methyl sites for hydroxylation is 2. The van der Waals surface area contributed by atoms with E-state index < -0.39 is 0 Å². The molecule has 20 heavy (non-hydrogen) atoms. The zero-order valence-corrected chi connectivity index (χ0v) is 12.8. The lowest BCUT2D eigenvalue weighted by Gasteiger charge is -2.34. The second-order valence-corrected chi connectivity index (χ2v) is 6.01. The fraction of sp³-hybridized carbons (Fsp3) is 0.714. The highest BCUT2D eigenvalue weighted by Crippen LogP contribution is 2.19. The fourth-order valence-corrected chi connectivity index (χ4v) is 2.98. The van der Waals surface area contributed by atoms with Gasteiger partial charge in [-0.2, -0.15) is 5.10 Å². The van der Waals surface area contributed by atoms with Crippen LogP contribution in [-0.4, -0.2) is 46.3 Å². The summed E-state index contributed by atoms with van der Waals surface area (Å²) in [7, 11) is 1.88. The molecule has 1 fully saturated rings. The van der Waals surface area contributed by atoms with Crippen LogP contribution in [0.25, 0.3) is 0 Å². The van der Waals surface area contributed by atoms with Crippen molar-refractivity contribution in [3.8, 4) is 0 Å². The Bertz CT molecular complexity index is 486. The number of amides is 1. The molecule has 1 saturated heterocycles. The number of likely N-dealkylation sites (tertiary alicyclic amines) is 1. The van der Waals surface area contributed by atoms with Gasteiger partial charge in [0.15, 0.2) is 0 Å². The standard InChI is InChI=1S/C14H25N5O/c1-9-5-12(15)7-19(6-9)8-13(20)16-14-10(2)17-18(4)11(14)3/h9,12H,5-8,15H2,1-4H3,(H,16,20).